The molecule has 0 saturated heterocycles. The van der Waals surface area contributed by atoms with Crippen LogP contribution in [0.3, 0.4) is 0 Å². The van der Waals surface area contributed by atoms with Crippen LogP contribution in [0.1, 0.15) is 39.7 Å². The van der Waals surface area contributed by atoms with Crippen molar-refractivity contribution in [1.82, 2.24) is 10.2 Å². The van der Waals surface area contributed by atoms with Crippen molar-refractivity contribution in [3.8, 4) is 0 Å². The van der Waals surface area contributed by atoms with E-state index in [1.165, 1.54) is 5.56 Å². The van der Waals surface area contributed by atoms with Crippen molar-refractivity contribution in [3.05, 3.63) is 35.9 Å². The Morgan fingerprint density at radius 1 is 1.21 bits per heavy atom. The SMILES string of the molecule is CCCN(Cc1ccccc1)C(=O)NC(C)C(C)C. The fourth-order valence-corrected chi connectivity index (χ4v) is 1.78. The van der Waals surface area contributed by atoms with Gasteiger partial charge in [-0.3, -0.25) is 0 Å². The van der Waals surface area contributed by atoms with Crippen molar-refractivity contribution < 1.29 is 4.79 Å². The fourth-order valence-electron chi connectivity index (χ4n) is 1.78. The molecule has 1 unspecified atom stereocenters. The van der Waals surface area contributed by atoms with Crippen LogP contribution in [0.4, 0.5) is 4.79 Å². The van der Waals surface area contributed by atoms with E-state index in [1.807, 2.05) is 23.1 Å². The number of amides is 2. The Bertz CT molecular complexity index is 376. The van der Waals surface area contributed by atoms with Gasteiger partial charge in [-0.1, -0.05) is 51.1 Å². The Kier molecular flexibility index (Phi) is 6.40. The number of urea groups is 1. The summed E-state index contributed by atoms with van der Waals surface area (Å²) in [5.74, 6) is 0.448. The molecule has 19 heavy (non-hydrogen) atoms. The number of hydrogen-bond donors (Lipinski definition) is 1. The molecule has 0 aliphatic rings. The highest BCUT2D eigenvalue weighted by atomic mass is 16.2. The molecule has 0 radical (unpaired) electrons. The first-order chi connectivity index (χ1) is 9.04. The zero-order valence-electron chi connectivity index (χ0n) is 12.5. The molecule has 0 aliphatic heterocycles. The monoisotopic (exact) mass is 262 g/mol. The van der Waals surface area contributed by atoms with Crippen LogP contribution in [0.25, 0.3) is 0 Å². The number of carbonyl (C=O) groups is 1. The first-order valence-electron chi connectivity index (χ1n) is 7.14. The van der Waals surface area contributed by atoms with Gasteiger partial charge in [-0.15, -0.1) is 0 Å². The number of rotatable bonds is 6. The zero-order valence-corrected chi connectivity index (χ0v) is 12.5. The third-order valence-corrected chi connectivity index (χ3v) is 3.35. The van der Waals surface area contributed by atoms with Gasteiger partial charge in [0.15, 0.2) is 0 Å². The third kappa shape index (κ3) is 5.33. The van der Waals surface area contributed by atoms with Crippen LogP contribution >= 0.6 is 0 Å². The van der Waals surface area contributed by atoms with Gasteiger partial charge < -0.3 is 10.2 Å². The topological polar surface area (TPSA) is 32.3 Å². The van der Waals surface area contributed by atoms with Crippen LogP contribution in [-0.4, -0.2) is 23.5 Å². The quantitative estimate of drug-likeness (QED) is 0.834. The summed E-state index contributed by atoms with van der Waals surface area (Å²) in [5.41, 5.74) is 1.17. The summed E-state index contributed by atoms with van der Waals surface area (Å²) >= 11 is 0. The summed E-state index contributed by atoms with van der Waals surface area (Å²) in [4.78, 5) is 14.2. The van der Waals surface area contributed by atoms with Crippen molar-refractivity contribution in [2.75, 3.05) is 6.54 Å². The highest BCUT2D eigenvalue weighted by molar-refractivity contribution is 5.74. The summed E-state index contributed by atoms with van der Waals surface area (Å²) < 4.78 is 0. The van der Waals surface area contributed by atoms with E-state index in [9.17, 15) is 4.79 Å². The normalized spacial score (nSPS) is 12.3. The van der Waals surface area contributed by atoms with Crippen LogP contribution in [0, 0.1) is 5.92 Å². The maximum absolute atomic E-state index is 12.3. The molecule has 0 heterocycles. The largest absolute Gasteiger partial charge is 0.335 e. The van der Waals surface area contributed by atoms with Gasteiger partial charge in [0.25, 0.3) is 0 Å². The van der Waals surface area contributed by atoms with Crippen LogP contribution in [0.2, 0.25) is 0 Å². The van der Waals surface area contributed by atoms with Crippen LogP contribution in [0.15, 0.2) is 30.3 Å². The minimum atomic E-state index is 0.0342. The van der Waals surface area contributed by atoms with Gasteiger partial charge in [0.2, 0.25) is 0 Å². The molecule has 1 N–H and O–H groups in total. The second-order valence-electron chi connectivity index (χ2n) is 5.39. The van der Waals surface area contributed by atoms with Crippen molar-refractivity contribution in [3.63, 3.8) is 0 Å². The van der Waals surface area contributed by atoms with Gasteiger partial charge in [-0.2, -0.15) is 0 Å². The molecule has 3 nitrogen and oxygen atoms in total. The van der Waals surface area contributed by atoms with E-state index in [0.717, 1.165) is 13.0 Å². The molecule has 2 amide bonds. The lowest BCUT2D eigenvalue weighted by molar-refractivity contribution is 0.188. The minimum absolute atomic E-state index is 0.0342. The molecular formula is C16H26N2O. The number of nitrogens with one attached hydrogen (secondary N) is 1. The molecule has 0 aromatic heterocycles. The maximum atomic E-state index is 12.3. The van der Waals surface area contributed by atoms with Gasteiger partial charge >= 0.3 is 6.03 Å². The molecule has 1 atom stereocenters. The first kappa shape index (κ1) is 15.5. The molecule has 0 bridgehead atoms. The van der Waals surface area contributed by atoms with Gasteiger partial charge in [-0.25, -0.2) is 4.79 Å². The van der Waals surface area contributed by atoms with E-state index in [4.69, 9.17) is 0 Å². The summed E-state index contributed by atoms with van der Waals surface area (Å²) in [6.45, 7) is 9.84. The molecular weight excluding hydrogens is 236 g/mol. The summed E-state index contributed by atoms with van der Waals surface area (Å²) in [6.07, 6.45) is 0.969. The number of nitrogens with zero attached hydrogens (tertiary/aromatic N) is 1. The van der Waals surface area contributed by atoms with E-state index in [2.05, 4.69) is 45.1 Å². The minimum Gasteiger partial charge on any atom is -0.335 e. The molecule has 0 fully saturated rings. The summed E-state index contributed by atoms with van der Waals surface area (Å²) in [7, 11) is 0. The number of benzene rings is 1. The van der Waals surface area contributed by atoms with E-state index in [-0.39, 0.29) is 12.1 Å². The molecule has 0 aliphatic carbocycles. The zero-order chi connectivity index (χ0) is 14.3. The van der Waals surface area contributed by atoms with E-state index in [0.29, 0.717) is 12.5 Å². The predicted octanol–water partition coefficient (Wildman–Crippen LogP) is 3.65. The molecule has 1 aromatic carbocycles. The number of carbonyl (C=O) groups excluding carboxylic acids is 1. The standard InChI is InChI=1S/C16H26N2O/c1-5-11-18(12-15-9-7-6-8-10-15)16(19)17-14(4)13(2)3/h6-10,13-14H,5,11-12H2,1-4H3,(H,17,19). The second-order valence-corrected chi connectivity index (χ2v) is 5.39. The van der Waals surface area contributed by atoms with Crippen molar-refractivity contribution in [2.45, 2.75) is 46.7 Å². The molecule has 0 spiro atoms. The van der Waals surface area contributed by atoms with Gasteiger partial charge in [0.05, 0.1) is 0 Å². The van der Waals surface area contributed by atoms with Crippen LogP contribution in [0.5, 0.6) is 0 Å². The molecule has 106 valence electrons. The van der Waals surface area contributed by atoms with Crippen molar-refractivity contribution in [2.24, 2.45) is 5.92 Å². The fraction of sp³-hybridized carbons (Fsp3) is 0.562. The third-order valence-electron chi connectivity index (χ3n) is 3.35. The summed E-state index contributed by atoms with van der Waals surface area (Å²) in [5, 5.41) is 3.07. The number of hydrogen-bond acceptors (Lipinski definition) is 1. The average molecular weight is 262 g/mol. The second kappa shape index (κ2) is 7.82. The Morgan fingerprint density at radius 2 is 1.84 bits per heavy atom. The maximum Gasteiger partial charge on any atom is 0.317 e. The molecule has 3 heteroatoms. The lowest BCUT2D eigenvalue weighted by Gasteiger charge is -2.26. The van der Waals surface area contributed by atoms with Gasteiger partial charge in [0.1, 0.15) is 0 Å². The highest BCUT2D eigenvalue weighted by Gasteiger charge is 2.16. The lowest BCUT2D eigenvalue weighted by Crippen LogP contribution is -2.45. The van der Waals surface area contributed by atoms with E-state index in [1.54, 1.807) is 0 Å². The van der Waals surface area contributed by atoms with E-state index >= 15 is 0 Å². The highest BCUT2D eigenvalue weighted by Crippen LogP contribution is 2.07. The van der Waals surface area contributed by atoms with E-state index < -0.39 is 0 Å². The first-order valence-corrected chi connectivity index (χ1v) is 7.14. The van der Waals surface area contributed by atoms with Crippen LogP contribution < -0.4 is 5.32 Å². The Morgan fingerprint density at radius 3 is 2.37 bits per heavy atom. The Hall–Kier alpha value is -1.51. The average Bonchev–Trinajstić information content (AvgIpc) is 2.39. The van der Waals surface area contributed by atoms with Gasteiger partial charge in [0, 0.05) is 19.1 Å². The van der Waals surface area contributed by atoms with Crippen LogP contribution in [-0.2, 0) is 6.54 Å². The molecule has 1 aromatic rings. The predicted molar refractivity (Wildman–Crippen MR) is 80.0 cm³/mol. The van der Waals surface area contributed by atoms with Crippen molar-refractivity contribution in [1.29, 1.82) is 0 Å². The Balaban J connectivity index is 2.63. The van der Waals surface area contributed by atoms with Crippen molar-refractivity contribution >= 4 is 6.03 Å². The van der Waals surface area contributed by atoms with Gasteiger partial charge in [-0.05, 0) is 24.8 Å². The molecule has 1 rings (SSSR count). The lowest BCUT2D eigenvalue weighted by atomic mass is 10.1. The molecule has 0 saturated carbocycles. The summed E-state index contributed by atoms with van der Waals surface area (Å²) in [6, 6.07) is 10.4. The smallest absolute Gasteiger partial charge is 0.317 e. The Labute approximate surface area is 117 Å².